The fourth-order valence-electron chi connectivity index (χ4n) is 3.32. The quantitative estimate of drug-likeness (QED) is 0.290. The molecule has 2 aromatic rings. The van der Waals surface area contributed by atoms with Crippen molar-refractivity contribution in [2.75, 3.05) is 0 Å². The summed E-state index contributed by atoms with van der Waals surface area (Å²) in [6.07, 6.45) is 3.33. The van der Waals surface area contributed by atoms with Gasteiger partial charge in [0, 0.05) is 12.2 Å². The molecule has 0 saturated heterocycles. The minimum atomic E-state index is -1.89. The molecule has 192 valence electrons. The second kappa shape index (κ2) is 11.2. The summed E-state index contributed by atoms with van der Waals surface area (Å²) in [7, 11) is -3.76. The molecule has 1 aromatic carbocycles. The highest BCUT2D eigenvalue weighted by Crippen LogP contribution is 2.38. The number of hydrogen-bond acceptors (Lipinski definition) is 3. The molecule has 0 amide bonds. The summed E-state index contributed by atoms with van der Waals surface area (Å²) in [5, 5.41) is 0.348. The summed E-state index contributed by atoms with van der Waals surface area (Å²) >= 11 is 0. The average Bonchev–Trinajstić information content (AvgIpc) is 3.04. The van der Waals surface area contributed by atoms with Gasteiger partial charge < -0.3 is 13.4 Å². The van der Waals surface area contributed by atoms with Gasteiger partial charge in [-0.3, -0.25) is 0 Å². The van der Waals surface area contributed by atoms with Crippen molar-refractivity contribution in [2.45, 2.75) is 124 Å². The number of imidazole rings is 1. The van der Waals surface area contributed by atoms with Crippen molar-refractivity contribution in [1.82, 2.24) is 9.55 Å². The topological polar surface area (TPSA) is 36.3 Å². The van der Waals surface area contributed by atoms with Crippen LogP contribution in [0.25, 0.3) is 0 Å². The predicted octanol–water partition coefficient (Wildman–Crippen LogP) is 8.32. The van der Waals surface area contributed by atoms with Crippen LogP contribution in [-0.2, 0) is 35.0 Å². The lowest BCUT2D eigenvalue weighted by Crippen LogP contribution is -2.40. The molecular formula is C28H50N2O2Si2. The van der Waals surface area contributed by atoms with Crippen molar-refractivity contribution < 1.29 is 8.85 Å². The van der Waals surface area contributed by atoms with Crippen LogP contribution in [0, 0.1) is 0 Å². The SMILES string of the molecule is CCCCc1c(CO[Si](C)(C)C(C)(C)C)nc(CO[Si](C)(C)C(C)(C)C)n1Cc1ccccc1. The molecule has 1 heterocycles. The Hall–Kier alpha value is -1.22. The van der Waals surface area contributed by atoms with E-state index < -0.39 is 16.6 Å². The highest BCUT2D eigenvalue weighted by molar-refractivity contribution is 6.74. The molecule has 0 unspecified atom stereocenters. The highest BCUT2D eigenvalue weighted by atomic mass is 28.4. The Morgan fingerprint density at radius 3 is 1.85 bits per heavy atom. The van der Waals surface area contributed by atoms with Crippen LogP contribution in [-0.4, -0.2) is 26.2 Å². The van der Waals surface area contributed by atoms with Gasteiger partial charge >= 0.3 is 0 Å². The Bertz CT molecular complexity index is 907. The number of hydrogen-bond donors (Lipinski definition) is 0. The maximum atomic E-state index is 6.65. The van der Waals surface area contributed by atoms with E-state index in [1.807, 2.05) is 0 Å². The predicted molar refractivity (Wildman–Crippen MR) is 150 cm³/mol. The van der Waals surface area contributed by atoms with E-state index in [1.165, 1.54) is 11.3 Å². The zero-order valence-corrected chi connectivity index (χ0v) is 25.8. The fraction of sp³-hybridized carbons (Fsp3) is 0.679. The van der Waals surface area contributed by atoms with E-state index in [0.29, 0.717) is 13.2 Å². The first-order chi connectivity index (χ1) is 15.6. The van der Waals surface area contributed by atoms with Crippen molar-refractivity contribution in [3.05, 3.63) is 53.1 Å². The zero-order valence-electron chi connectivity index (χ0n) is 23.8. The molecule has 0 spiro atoms. The van der Waals surface area contributed by atoms with Gasteiger partial charge in [0.15, 0.2) is 16.6 Å². The lowest BCUT2D eigenvalue weighted by molar-refractivity contribution is 0.260. The summed E-state index contributed by atoms with van der Waals surface area (Å²) in [5.74, 6) is 1.04. The lowest BCUT2D eigenvalue weighted by atomic mass is 10.1. The summed E-state index contributed by atoms with van der Waals surface area (Å²) < 4.78 is 15.7. The lowest BCUT2D eigenvalue weighted by Gasteiger charge is -2.36. The van der Waals surface area contributed by atoms with Crippen LogP contribution in [0.5, 0.6) is 0 Å². The molecule has 0 fully saturated rings. The van der Waals surface area contributed by atoms with E-state index in [-0.39, 0.29) is 10.1 Å². The number of rotatable bonds is 11. The number of unbranched alkanes of at least 4 members (excludes halogenated alkanes) is 1. The third-order valence-electron chi connectivity index (χ3n) is 7.93. The summed E-state index contributed by atoms with van der Waals surface area (Å²) in [4.78, 5) is 5.19. The Balaban J connectivity index is 2.46. The maximum absolute atomic E-state index is 6.65. The standard InChI is InChI=1S/C28H50N2O2Si2/c1-12-13-19-25-24(21-31-33(8,9)27(2,3)4)29-26(22-32-34(10,11)28(5,6)7)30(25)20-23-17-15-14-16-18-23/h14-18H,12-13,19-22H2,1-11H3. The van der Waals surface area contributed by atoms with E-state index in [1.54, 1.807) is 0 Å². The Labute approximate surface area is 211 Å². The van der Waals surface area contributed by atoms with Crippen molar-refractivity contribution in [3.63, 3.8) is 0 Å². The maximum Gasteiger partial charge on any atom is 0.192 e. The highest BCUT2D eigenvalue weighted by Gasteiger charge is 2.39. The van der Waals surface area contributed by atoms with Crippen molar-refractivity contribution in [3.8, 4) is 0 Å². The van der Waals surface area contributed by atoms with Crippen LogP contribution in [0.1, 0.15) is 84.1 Å². The van der Waals surface area contributed by atoms with E-state index >= 15 is 0 Å². The van der Waals surface area contributed by atoms with Gasteiger partial charge in [-0.25, -0.2) is 4.98 Å². The zero-order chi connectivity index (χ0) is 25.8. The molecule has 0 bridgehead atoms. The minimum absolute atomic E-state index is 0.170. The minimum Gasteiger partial charge on any atom is -0.411 e. The van der Waals surface area contributed by atoms with Crippen LogP contribution >= 0.6 is 0 Å². The molecule has 1 aromatic heterocycles. The largest absolute Gasteiger partial charge is 0.411 e. The smallest absolute Gasteiger partial charge is 0.192 e. The molecule has 4 nitrogen and oxygen atoms in total. The second-order valence-electron chi connectivity index (χ2n) is 12.7. The van der Waals surface area contributed by atoms with Gasteiger partial charge in [0.1, 0.15) is 5.82 Å². The van der Waals surface area contributed by atoms with E-state index in [0.717, 1.165) is 37.3 Å². The molecule has 0 aliphatic rings. The van der Waals surface area contributed by atoms with Gasteiger partial charge in [-0.1, -0.05) is 85.2 Å². The number of nitrogens with zero attached hydrogens (tertiary/aromatic N) is 2. The molecule has 2 rings (SSSR count). The van der Waals surface area contributed by atoms with Gasteiger partial charge in [-0.05, 0) is 54.7 Å². The van der Waals surface area contributed by atoms with Crippen LogP contribution in [0.3, 0.4) is 0 Å². The molecule has 0 aliphatic heterocycles. The van der Waals surface area contributed by atoms with Crippen molar-refractivity contribution in [2.24, 2.45) is 0 Å². The number of benzene rings is 1. The molecule has 0 aliphatic carbocycles. The third kappa shape index (κ3) is 7.39. The molecule has 6 heteroatoms. The van der Waals surface area contributed by atoms with Gasteiger partial charge in [-0.2, -0.15) is 0 Å². The Morgan fingerprint density at radius 1 is 0.824 bits per heavy atom. The Morgan fingerprint density at radius 2 is 1.35 bits per heavy atom. The summed E-state index contributed by atoms with van der Waals surface area (Å²) in [6, 6.07) is 10.7. The summed E-state index contributed by atoms with van der Waals surface area (Å²) in [6.45, 7) is 27.3. The van der Waals surface area contributed by atoms with Gasteiger partial charge in [0.05, 0.1) is 18.9 Å². The fourth-order valence-corrected chi connectivity index (χ4v) is 5.17. The van der Waals surface area contributed by atoms with Crippen LogP contribution in [0.15, 0.2) is 30.3 Å². The first-order valence-electron chi connectivity index (χ1n) is 13.0. The molecule has 0 saturated carbocycles. The van der Waals surface area contributed by atoms with E-state index in [9.17, 15) is 0 Å². The van der Waals surface area contributed by atoms with Gasteiger partial charge in [-0.15, -0.1) is 0 Å². The molecule has 0 radical (unpaired) electrons. The second-order valence-corrected chi connectivity index (χ2v) is 22.3. The van der Waals surface area contributed by atoms with Crippen LogP contribution in [0.2, 0.25) is 36.3 Å². The monoisotopic (exact) mass is 502 g/mol. The van der Waals surface area contributed by atoms with Crippen molar-refractivity contribution >= 4 is 16.6 Å². The third-order valence-corrected chi connectivity index (χ3v) is 16.9. The van der Waals surface area contributed by atoms with E-state index in [4.69, 9.17) is 13.8 Å². The van der Waals surface area contributed by atoms with Crippen LogP contribution in [0.4, 0.5) is 0 Å². The molecule has 34 heavy (non-hydrogen) atoms. The van der Waals surface area contributed by atoms with Crippen LogP contribution < -0.4 is 0 Å². The van der Waals surface area contributed by atoms with E-state index in [2.05, 4.69) is 110 Å². The molecule has 0 atom stereocenters. The average molecular weight is 503 g/mol. The molecule has 0 N–H and O–H groups in total. The first-order valence-corrected chi connectivity index (χ1v) is 18.8. The first kappa shape index (κ1) is 29.0. The summed E-state index contributed by atoms with van der Waals surface area (Å²) in [5.41, 5.74) is 3.71. The number of aromatic nitrogens is 2. The Kier molecular flexibility index (Phi) is 9.59. The van der Waals surface area contributed by atoms with Gasteiger partial charge in [0.25, 0.3) is 0 Å². The normalized spacial score (nSPS) is 13.5. The van der Waals surface area contributed by atoms with Crippen molar-refractivity contribution in [1.29, 1.82) is 0 Å². The van der Waals surface area contributed by atoms with Gasteiger partial charge in [0.2, 0.25) is 0 Å². The molecular weight excluding hydrogens is 452 g/mol.